The van der Waals surface area contributed by atoms with Gasteiger partial charge >= 0.3 is 0 Å². The summed E-state index contributed by atoms with van der Waals surface area (Å²) in [5, 5.41) is 8.00. The van der Waals surface area contributed by atoms with Gasteiger partial charge in [-0.2, -0.15) is 5.26 Å². The van der Waals surface area contributed by atoms with Gasteiger partial charge in [-0.3, -0.25) is 4.79 Å². The Morgan fingerprint density at radius 3 is 2.75 bits per heavy atom. The van der Waals surface area contributed by atoms with Crippen LogP contribution < -0.4 is 0 Å². The van der Waals surface area contributed by atoms with E-state index in [0.29, 0.717) is 0 Å². The van der Waals surface area contributed by atoms with Crippen molar-refractivity contribution < 1.29 is 4.79 Å². The zero-order valence-electron chi connectivity index (χ0n) is 5.84. The van der Waals surface area contributed by atoms with Gasteiger partial charge in [-0.25, -0.2) is 0 Å². The average Bonchev–Trinajstić information content (AvgIpc) is 2.03. The summed E-state index contributed by atoms with van der Waals surface area (Å²) in [5.41, 5.74) is 0.520. The van der Waals surface area contributed by atoms with Gasteiger partial charge < -0.3 is 0 Å². The molecule has 0 aliphatic carbocycles. The van der Waals surface area contributed by atoms with E-state index >= 15 is 0 Å². The minimum atomic E-state index is -0.612. The topological polar surface area (TPSA) is 40.9 Å². The van der Waals surface area contributed by atoms with Crippen LogP contribution in [0, 0.1) is 11.3 Å². The number of rotatable bonds is 1. The predicted octanol–water partition coefficient (Wildman–Crippen LogP) is 2.70. The molecule has 0 N–H and O–H groups in total. The molecule has 0 saturated heterocycles. The summed E-state index contributed by atoms with van der Waals surface area (Å²) in [6, 6.07) is 6.61. The number of hydrogen-bond acceptors (Lipinski definition) is 2. The second kappa shape index (κ2) is 3.70. The summed E-state index contributed by atoms with van der Waals surface area (Å²) in [6.45, 7) is 0. The Morgan fingerprint density at radius 2 is 2.25 bits per heavy atom. The van der Waals surface area contributed by atoms with E-state index < -0.39 is 5.24 Å². The first-order valence-corrected chi connectivity index (χ1v) is 4.21. The van der Waals surface area contributed by atoms with E-state index in [2.05, 4.69) is 15.9 Å². The standard InChI is InChI=1S/C8H3BrClNO/c9-6-1-2-7(8(10)12)5(3-6)4-11/h1-3H. The van der Waals surface area contributed by atoms with Gasteiger partial charge in [-0.05, 0) is 29.8 Å². The van der Waals surface area contributed by atoms with Crippen LogP contribution >= 0.6 is 27.5 Å². The molecule has 0 aliphatic rings. The second-order valence-electron chi connectivity index (χ2n) is 2.08. The predicted molar refractivity (Wildman–Crippen MR) is 49.0 cm³/mol. The van der Waals surface area contributed by atoms with Crippen LogP contribution in [0.1, 0.15) is 15.9 Å². The Morgan fingerprint density at radius 1 is 1.58 bits per heavy atom. The highest BCUT2D eigenvalue weighted by Crippen LogP contribution is 2.17. The fourth-order valence-corrected chi connectivity index (χ4v) is 1.31. The summed E-state index contributed by atoms with van der Waals surface area (Å²) in [6.07, 6.45) is 0. The lowest BCUT2D eigenvalue weighted by molar-refractivity contribution is 0.108. The van der Waals surface area contributed by atoms with Crippen molar-refractivity contribution in [2.24, 2.45) is 0 Å². The number of halogens is 2. The molecule has 4 heteroatoms. The molecule has 0 atom stereocenters. The van der Waals surface area contributed by atoms with Crippen molar-refractivity contribution in [2.75, 3.05) is 0 Å². The zero-order valence-corrected chi connectivity index (χ0v) is 8.19. The van der Waals surface area contributed by atoms with Crippen LogP contribution in [0.5, 0.6) is 0 Å². The van der Waals surface area contributed by atoms with E-state index in [0.717, 1.165) is 4.47 Å². The number of hydrogen-bond donors (Lipinski definition) is 0. The summed E-state index contributed by atoms with van der Waals surface area (Å²) in [7, 11) is 0. The summed E-state index contributed by atoms with van der Waals surface area (Å²) in [5.74, 6) is 0. The molecule has 0 saturated carbocycles. The quantitative estimate of drug-likeness (QED) is 0.713. The molecule has 0 heterocycles. The summed E-state index contributed by atoms with van der Waals surface area (Å²) in [4.78, 5) is 10.7. The Kier molecular flexibility index (Phi) is 2.85. The van der Waals surface area contributed by atoms with Crippen molar-refractivity contribution in [2.45, 2.75) is 0 Å². The molecule has 0 aliphatic heterocycles. The molecule has 60 valence electrons. The SMILES string of the molecule is N#Cc1cc(Br)ccc1C(=O)Cl. The Bertz CT molecular complexity index is 370. The molecule has 0 radical (unpaired) electrons. The maximum Gasteiger partial charge on any atom is 0.253 e. The zero-order chi connectivity index (χ0) is 9.14. The van der Waals surface area contributed by atoms with Crippen molar-refractivity contribution >= 4 is 32.8 Å². The highest BCUT2D eigenvalue weighted by Gasteiger charge is 2.07. The smallest absolute Gasteiger partial charge is 0.253 e. The fourth-order valence-electron chi connectivity index (χ4n) is 0.780. The van der Waals surface area contributed by atoms with Crippen LogP contribution in [-0.2, 0) is 0 Å². The van der Waals surface area contributed by atoms with Gasteiger partial charge in [0.2, 0.25) is 0 Å². The fraction of sp³-hybridized carbons (Fsp3) is 0. The lowest BCUT2D eigenvalue weighted by Gasteiger charge is -1.96. The first kappa shape index (κ1) is 9.24. The van der Waals surface area contributed by atoms with E-state index in [1.165, 1.54) is 6.07 Å². The van der Waals surface area contributed by atoms with Gasteiger partial charge in [-0.15, -0.1) is 0 Å². The van der Waals surface area contributed by atoms with E-state index in [4.69, 9.17) is 16.9 Å². The number of nitrogens with zero attached hydrogens (tertiary/aromatic N) is 1. The first-order valence-electron chi connectivity index (χ1n) is 3.04. The molecule has 0 spiro atoms. The maximum atomic E-state index is 10.7. The Labute approximate surface area is 82.9 Å². The maximum absolute atomic E-state index is 10.7. The molecular weight excluding hydrogens is 241 g/mol. The van der Waals surface area contributed by atoms with E-state index in [1.807, 2.05) is 6.07 Å². The Hall–Kier alpha value is -0.850. The minimum absolute atomic E-state index is 0.238. The summed E-state index contributed by atoms with van der Waals surface area (Å²) >= 11 is 8.41. The molecule has 1 aromatic carbocycles. The van der Waals surface area contributed by atoms with Gasteiger partial charge in [0.15, 0.2) is 0 Å². The molecule has 0 aromatic heterocycles. The van der Waals surface area contributed by atoms with Crippen molar-refractivity contribution in [3.63, 3.8) is 0 Å². The van der Waals surface area contributed by atoms with E-state index in [-0.39, 0.29) is 11.1 Å². The molecule has 0 amide bonds. The van der Waals surface area contributed by atoms with Crippen LogP contribution in [0.3, 0.4) is 0 Å². The lowest BCUT2D eigenvalue weighted by atomic mass is 10.1. The van der Waals surface area contributed by atoms with Crippen LogP contribution in [0.15, 0.2) is 22.7 Å². The molecule has 1 rings (SSSR count). The first-order chi connectivity index (χ1) is 5.65. The van der Waals surface area contributed by atoms with Crippen molar-refractivity contribution in [1.29, 1.82) is 5.26 Å². The highest BCUT2D eigenvalue weighted by molar-refractivity contribution is 9.10. The van der Waals surface area contributed by atoms with Gasteiger partial charge in [0, 0.05) is 4.47 Å². The van der Waals surface area contributed by atoms with E-state index in [1.54, 1.807) is 12.1 Å². The molecule has 0 unspecified atom stereocenters. The molecule has 0 fully saturated rings. The number of carbonyl (C=O) groups excluding carboxylic acids is 1. The molecule has 0 bridgehead atoms. The van der Waals surface area contributed by atoms with Crippen molar-refractivity contribution in [3.05, 3.63) is 33.8 Å². The van der Waals surface area contributed by atoms with Crippen molar-refractivity contribution in [1.82, 2.24) is 0 Å². The summed E-state index contributed by atoms with van der Waals surface area (Å²) < 4.78 is 0.751. The van der Waals surface area contributed by atoms with Crippen LogP contribution in [0.2, 0.25) is 0 Å². The van der Waals surface area contributed by atoms with Gasteiger partial charge in [0.1, 0.15) is 0 Å². The molecule has 1 aromatic rings. The van der Waals surface area contributed by atoms with E-state index in [9.17, 15) is 4.79 Å². The highest BCUT2D eigenvalue weighted by atomic mass is 79.9. The van der Waals surface area contributed by atoms with Crippen LogP contribution in [0.4, 0.5) is 0 Å². The third kappa shape index (κ3) is 1.84. The Balaban J connectivity index is 3.32. The lowest BCUT2D eigenvalue weighted by Crippen LogP contribution is -1.93. The normalized spacial score (nSPS) is 9.08. The van der Waals surface area contributed by atoms with Crippen LogP contribution in [0.25, 0.3) is 0 Å². The second-order valence-corrected chi connectivity index (χ2v) is 3.33. The van der Waals surface area contributed by atoms with Crippen LogP contribution in [-0.4, -0.2) is 5.24 Å². The minimum Gasteiger partial charge on any atom is -0.276 e. The number of benzene rings is 1. The molecular formula is C8H3BrClNO. The third-order valence-electron chi connectivity index (χ3n) is 1.31. The molecule has 2 nitrogen and oxygen atoms in total. The van der Waals surface area contributed by atoms with Crippen molar-refractivity contribution in [3.8, 4) is 6.07 Å². The van der Waals surface area contributed by atoms with Gasteiger partial charge in [0.05, 0.1) is 17.2 Å². The largest absolute Gasteiger partial charge is 0.276 e. The molecule has 12 heavy (non-hydrogen) atoms. The monoisotopic (exact) mass is 243 g/mol. The third-order valence-corrected chi connectivity index (χ3v) is 2.01. The van der Waals surface area contributed by atoms with Gasteiger partial charge in [0.25, 0.3) is 5.24 Å². The number of nitriles is 1. The average molecular weight is 244 g/mol. The van der Waals surface area contributed by atoms with Gasteiger partial charge in [-0.1, -0.05) is 15.9 Å². The number of carbonyl (C=O) groups is 1.